The average Bonchev–Trinajstić information content (AvgIpc) is 3.22. The maximum Gasteiger partial charge on any atom is 0.0368 e. The lowest BCUT2D eigenvalue weighted by molar-refractivity contribution is 0.576. The van der Waals surface area contributed by atoms with Crippen LogP contribution in [0.25, 0.3) is 0 Å². The van der Waals surface area contributed by atoms with Gasteiger partial charge in [0, 0.05) is 24.3 Å². The number of rotatable bonds is 7. The highest BCUT2D eigenvalue weighted by Crippen LogP contribution is 2.32. The number of hydrogen-bond donors (Lipinski definition) is 1. The summed E-state index contributed by atoms with van der Waals surface area (Å²) in [7, 11) is 2.04. The van der Waals surface area contributed by atoms with Crippen LogP contribution >= 0.6 is 0 Å². The van der Waals surface area contributed by atoms with Gasteiger partial charge in [-0.2, -0.15) is 0 Å². The van der Waals surface area contributed by atoms with Crippen molar-refractivity contribution in [2.24, 2.45) is 5.92 Å². The molecule has 0 aromatic heterocycles. The van der Waals surface area contributed by atoms with E-state index in [4.69, 9.17) is 0 Å². The molecule has 0 aliphatic heterocycles. The first kappa shape index (κ1) is 14.4. The second kappa shape index (κ2) is 6.42. The molecular formula is C17H28N2. The van der Waals surface area contributed by atoms with Gasteiger partial charge in [-0.05, 0) is 63.8 Å². The van der Waals surface area contributed by atoms with Gasteiger partial charge in [-0.15, -0.1) is 0 Å². The molecule has 19 heavy (non-hydrogen) atoms. The molecule has 1 saturated carbocycles. The maximum absolute atomic E-state index is 3.37. The highest BCUT2D eigenvalue weighted by atomic mass is 15.2. The van der Waals surface area contributed by atoms with Crippen LogP contribution < -0.4 is 10.2 Å². The fourth-order valence-corrected chi connectivity index (χ4v) is 2.70. The highest BCUT2D eigenvalue weighted by Gasteiger charge is 2.25. The van der Waals surface area contributed by atoms with Crippen molar-refractivity contribution in [3.05, 3.63) is 29.8 Å². The maximum atomic E-state index is 3.37. The van der Waals surface area contributed by atoms with Crippen molar-refractivity contribution in [3.8, 4) is 0 Å². The van der Waals surface area contributed by atoms with Crippen LogP contribution in [0.1, 0.15) is 51.6 Å². The Balaban J connectivity index is 2.10. The molecule has 1 unspecified atom stereocenters. The van der Waals surface area contributed by atoms with E-state index in [1.807, 2.05) is 7.05 Å². The number of anilines is 1. The van der Waals surface area contributed by atoms with Gasteiger partial charge in [-0.3, -0.25) is 0 Å². The van der Waals surface area contributed by atoms with Gasteiger partial charge in [0.05, 0.1) is 0 Å². The molecule has 1 fully saturated rings. The van der Waals surface area contributed by atoms with Crippen LogP contribution in [0, 0.1) is 5.92 Å². The fraction of sp³-hybridized carbons (Fsp3) is 0.647. The molecule has 1 atom stereocenters. The number of nitrogens with one attached hydrogen (secondary N) is 1. The summed E-state index contributed by atoms with van der Waals surface area (Å²) in [5.74, 6) is 0.933. The lowest BCUT2D eigenvalue weighted by Gasteiger charge is -2.29. The molecule has 0 saturated heterocycles. The van der Waals surface area contributed by atoms with E-state index in [-0.39, 0.29) is 0 Å². The van der Waals surface area contributed by atoms with Crippen LogP contribution in [0.4, 0.5) is 5.69 Å². The van der Waals surface area contributed by atoms with E-state index in [1.165, 1.54) is 30.6 Å². The predicted octanol–water partition coefficient (Wildman–Crippen LogP) is 3.98. The Labute approximate surface area is 118 Å². The Morgan fingerprint density at radius 1 is 1.21 bits per heavy atom. The smallest absolute Gasteiger partial charge is 0.0368 e. The third-order valence-corrected chi connectivity index (χ3v) is 4.16. The summed E-state index contributed by atoms with van der Waals surface area (Å²) in [6.07, 6.45) is 3.96. The van der Waals surface area contributed by atoms with Gasteiger partial charge >= 0.3 is 0 Å². The molecule has 106 valence electrons. The first-order valence-electron chi connectivity index (χ1n) is 7.69. The van der Waals surface area contributed by atoms with Crippen molar-refractivity contribution < 1.29 is 0 Å². The lowest BCUT2D eigenvalue weighted by Crippen LogP contribution is -2.32. The summed E-state index contributed by atoms with van der Waals surface area (Å²) >= 11 is 0. The zero-order valence-corrected chi connectivity index (χ0v) is 12.8. The molecular weight excluding hydrogens is 232 g/mol. The molecule has 0 bridgehead atoms. The Morgan fingerprint density at radius 3 is 2.26 bits per heavy atom. The lowest BCUT2D eigenvalue weighted by atomic mass is 10.0. The Morgan fingerprint density at radius 2 is 1.84 bits per heavy atom. The third kappa shape index (κ3) is 3.73. The second-order valence-electron chi connectivity index (χ2n) is 6.03. The van der Waals surface area contributed by atoms with Crippen LogP contribution in [0.2, 0.25) is 0 Å². The summed E-state index contributed by atoms with van der Waals surface area (Å²) < 4.78 is 0. The van der Waals surface area contributed by atoms with E-state index >= 15 is 0 Å². The zero-order chi connectivity index (χ0) is 13.8. The molecule has 0 heterocycles. The standard InChI is InChI=1S/C17H28N2/c1-5-17(18-4)15-8-10-16(11-9-15)19(13(2)3)12-14-6-7-14/h8-11,13-14,17-18H,5-7,12H2,1-4H3. The van der Waals surface area contributed by atoms with Crippen LogP contribution in [0.15, 0.2) is 24.3 Å². The van der Waals surface area contributed by atoms with Gasteiger partial charge < -0.3 is 10.2 Å². The summed E-state index contributed by atoms with van der Waals surface area (Å²) in [5.41, 5.74) is 2.76. The van der Waals surface area contributed by atoms with Gasteiger partial charge in [0.15, 0.2) is 0 Å². The second-order valence-corrected chi connectivity index (χ2v) is 6.03. The summed E-state index contributed by atoms with van der Waals surface area (Å²) in [6, 6.07) is 10.2. The van der Waals surface area contributed by atoms with Crippen LogP contribution in [0.5, 0.6) is 0 Å². The van der Waals surface area contributed by atoms with Crippen molar-refractivity contribution in [1.29, 1.82) is 0 Å². The van der Waals surface area contributed by atoms with Crippen LogP contribution in [-0.2, 0) is 0 Å². The van der Waals surface area contributed by atoms with Gasteiger partial charge in [-0.25, -0.2) is 0 Å². The number of benzene rings is 1. The van der Waals surface area contributed by atoms with E-state index < -0.39 is 0 Å². The van der Waals surface area contributed by atoms with Gasteiger partial charge in [0.25, 0.3) is 0 Å². The van der Waals surface area contributed by atoms with E-state index in [0.29, 0.717) is 12.1 Å². The minimum Gasteiger partial charge on any atom is -0.369 e. The molecule has 0 radical (unpaired) electrons. The van der Waals surface area contributed by atoms with E-state index in [9.17, 15) is 0 Å². The van der Waals surface area contributed by atoms with Crippen molar-refractivity contribution in [2.45, 2.75) is 52.1 Å². The number of hydrogen-bond acceptors (Lipinski definition) is 2. The van der Waals surface area contributed by atoms with E-state index in [0.717, 1.165) is 12.3 Å². The summed E-state index contributed by atoms with van der Waals surface area (Å²) in [6.45, 7) is 8.03. The van der Waals surface area contributed by atoms with Crippen molar-refractivity contribution >= 4 is 5.69 Å². The normalized spacial score (nSPS) is 16.7. The van der Waals surface area contributed by atoms with Gasteiger partial charge in [0.1, 0.15) is 0 Å². The molecule has 1 aliphatic carbocycles. The van der Waals surface area contributed by atoms with Crippen LogP contribution in [0.3, 0.4) is 0 Å². The van der Waals surface area contributed by atoms with Gasteiger partial charge in [-0.1, -0.05) is 19.1 Å². The topological polar surface area (TPSA) is 15.3 Å². The van der Waals surface area contributed by atoms with Gasteiger partial charge in [0.2, 0.25) is 0 Å². The summed E-state index contributed by atoms with van der Waals surface area (Å²) in [5, 5.41) is 3.37. The number of nitrogens with zero attached hydrogens (tertiary/aromatic N) is 1. The predicted molar refractivity (Wildman–Crippen MR) is 83.7 cm³/mol. The first-order valence-corrected chi connectivity index (χ1v) is 7.69. The summed E-state index contributed by atoms with van der Waals surface area (Å²) in [4.78, 5) is 2.54. The third-order valence-electron chi connectivity index (χ3n) is 4.16. The molecule has 1 aromatic carbocycles. The molecule has 1 aromatic rings. The molecule has 0 spiro atoms. The fourth-order valence-electron chi connectivity index (χ4n) is 2.70. The highest BCUT2D eigenvalue weighted by molar-refractivity contribution is 5.49. The van der Waals surface area contributed by atoms with Crippen molar-refractivity contribution in [2.75, 3.05) is 18.5 Å². The van der Waals surface area contributed by atoms with E-state index in [1.54, 1.807) is 0 Å². The average molecular weight is 260 g/mol. The minimum absolute atomic E-state index is 0.477. The molecule has 1 N–H and O–H groups in total. The van der Waals surface area contributed by atoms with Crippen LogP contribution in [-0.4, -0.2) is 19.6 Å². The zero-order valence-electron chi connectivity index (χ0n) is 12.8. The monoisotopic (exact) mass is 260 g/mol. The largest absolute Gasteiger partial charge is 0.369 e. The Hall–Kier alpha value is -1.02. The van der Waals surface area contributed by atoms with Crippen molar-refractivity contribution in [3.63, 3.8) is 0 Å². The first-order chi connectivity index (χ1) is 9.15. The Bertz CT molecular complexity index is 375. The minimum atomic E-state index is 0.477. The quantitative estimate of drug-likeness (QED) is 0.797. The molecule has 2 heteroatoms. The Kier molecular flexibility index (Phi) is 4.87. The molecule has 0 amide bonds. The van der Waals surface area contributed by atoms with Crippen molar-refractivity contribution in [1.82, 2.24) is 5.32 Å². The molecule has 1 aliphatic rings. The molecule has 2 nitrogen and oxygen atoms in total. The SMILES string of the molecule is CCC(NC)c1ccc(N(CC2CC2)C(C)C)cc1. The van der Waals surface area contributed by atoms with E-state index in [2.05, 4.69) is 55.3 Å². The molecule has 2 rings (SSSR count).